The third-order valence-corrected chi connectivity index (χ3v) is 1.56. The van der Waals surface area contributed by atoms with Gasteiger partial charge in [-0.15, -0.1) is 0 Å². The highest BCUT2D eigenvalue weighted by Crippen LogP contribution is 2.17. The van der Waals surface area contributed by atoms with Gasteiger partial charge in [0.2, 0.25) is 0 Å². The van der Waals surface area contributed by atoms with Gasteiger partial charge >= 0.3 is 0 Å². The summed E-state index contributed by atoms with van der Waals surface area (Å²) in [7, 11) is 0. The van der Waals surface area contributed by atoms with Crippen molar-refractivity contribution in [1.82, 2.24) is 10.6 Å². The van der Waals surface area contributed by atoms with E-state index in [0.29, 0.717) is 0 Å². The lowest BCUT2D eigenvalue weighted by atomic mass is 10.5. The monoisotopic (exact) mass is 128 g/mol. The first kappa shape index (κ1) is 7.03. The maximum atomic E-state index is 3.43. The summed E-state index contributed by atoms with van der Waals surface area (Å²) in [6.45, 7) is 5.48. The highest BCUT2D eigenvalue weighted by Gasteiger charge is 2.19. The van der Waals surface area contributed by atoms with Gasteiger partial charge in [-0.1, -0.05) is 6.92 Å². The van der Waals surface area contributed by atoms with Crippen LogP contribution < -0.4 is 10.6 Å². The maximum Gasteiger partial charge on any atom is 0.00793 e. The quantitative estimate of drug-likeness (QED) is 0.522. The van der Waals surface area contributed by atoms with E-state index in [0.717, 1.165) is 25.7 Å². The molecule has 0 amide bonds. The van der Waals surface area contributed by atoms with Gasteiger partial charge in [-0.05, 0) is 19.4 Å². The molecule has 0 aromatic heterocycles. The Labute approximate surface area is 57.0 Å². The van der Waals surface area contributed by atoms with E-state index in [1.54, 1.807) is 0 Å². The molecule has 0 radical (unpaired) electrons. The fraction of sp³-hybridized carbons (Fsp3) is 1.00. The van der Waals surface area contributed by atoms with Crippen LogP contribution in [0.3, 0.4) is 0 Å². The molecule has 0 aliphatic heterocycles. The van der Waals surface area contributed by atoms with Crippen LogP contribution in [-0.4, -0.2) is 25.7 Å². The lowest BCUT2D eigenvalue weighted by molar-refractivity contribution is 0.622. The highest BCUT2D eigenvalue weighted by atomic mass is 15.0. The van der Waals surface area contributed by atoms with Crippen LogP contribution in [-0.2, 0) is 0 Å². The predicted octanol–water partition coefficient (Wildman–Crippen LogP) is 0.348. The minimum Gasteiger partial charge on any atom is -0.316 e. The fourth-order valence-corrected chi connectivity index (χ4v) is 0.829. The van der Waals surface area contributed by atoms with E-state index >= 15 is 0 Å². The average Bonchev–Trinajstić information content (AvgIpc) is 2.63. The largest absolute Gasteiger partial charge is 0.316 e. The molecule has 0 unspecified atom stereocenters. The number of hydrogen-bond donors (Lipinski definition) is 2. The standard InChI is InChI=1S/C7H16N2/c1-2-8-5-6-9-7-3-4-7/h7-9H,2-6H2,1H3. The Balaban J connectivity index is 1.71. The molecule has 1 saturated carbocycles. The first-order valence-corrected chi connectivity index (χ1v) is 3.87. The van der Waals surface area contributed by atoms with Gasteiger partial charge in [0.05, 0.1) is 0 Å². The van der Waals surface area contributed by atoms with Crippen LogP contribution in [0.25, 0.3) is 0 Å². The van der Waals surface area contributed by atoms with E-state index in [1.807, 2.05) is 0 Å². The van der Waals surface area contributed by atoms with Crippen LogP contribution in [0.4, 0.5) is 0 Å². The minimum absolute atomic E-state index is 0.864. The molecule has 2 heteroatoms. The van der Waals surface area contributed by atoms with Crippen molar-refractivity contribution >= 4 is 0 Å². The highest BCUT2D eigenvalue weighted by molar-refractivity contribution is 4.80. The van der Waals surface area contributed by atoms with E-state index in [-0.39, 0.29) is 0 Å². The maximum absolute atomic E-state index is 3.43. The van der Waals surface area contributed by atoms with E-state index in [2.05, 4.69) is 17.6 Å². The summed E-state index contributed by atoms with van der Waals surface area (Å²) in [5.74, 6) is 0. The van der Waals surface area contributed by atoms with Gasteiger partial charge in [-0.3, -0.25) is 0 Å². The Hall–Kier alpha value is -0.0800. The molecular weight excluding hydrogens is 112 g/mol. The molecule has 1 fully saturated rings. The normalized spacial score (nSPS) is 18.3. The zero-order valence-corrected chi connectivity index (χ0v) is 6.11. The molecule has 2 nitrogen and oxygen atoms in total. The first-order chi connectivity index (χ1) is 4.43. The Morgan fingerprint density at radius 2 is 2.11 bits per heavy atom. The third kappa shape index (κ3) is 3.49. The Kier molecular flexibility index (Phi) is 3.01. The smallest absolute Gasteiger partial charge is 0.00793 e. The molecule has 0 aromatic carbocycles. The summed E-state index contributed by atoms with van der Waals surface area (Å²) in [4.78, 5) is 0. The first-order valence-electron chi connectivity index (χ1n) is 3.87. The molecule has 9 heavy (non-hydrogen) atoms. The van der Waals surface area contributed by atoms with Crippen molar-refractivity contribution in [2.24, 2.45) is 0 Å². The SMILES string of the molecule is CCNCCNC1CC1. The van der Waals surface area contributed by atoms with E-state index in [9.17, 15) is 0 Å². The third-order valence-electron chi connectivity index (χ3n) is 1.56. The molecule has 2 N–H and O–H groups in total. The Morgan fingerprint density at radius 1 is 1.33 bits per heavy atom. The summed E-state index contributed by atoms with van der Waals surface area (Å²) in [5, 5.41) is 6.70. The van der Waals surface area contributed by atoms with Crippen molar-refractivity contribution in [3.05, 3.63) is 0 Å². The van der Waals surface area contributed by atoms with E-state index in [4.69, 9.17) is 0 Å². The lowest BCUT2D eigenvalue weighted by Gasteiger charge is -2.01. The summed E-state index contributed by atoms with van der Waals surface area (Å²) in [5.41, 5.74) is 0. The molecule has 0 bridgehead atoms. The van der Waals surface area contributed by atoms with E-state index < -0.39 is 0 Å². The summed E-state index contributed by atoms with van der Waals surface area (Å²) >= 11 is 0. The van der Waals surface area contributed by atoms with Crippen LogP contribution in [0.5, 0.6) is 0 Å². The molecule has 0 aromatic rings. The van der Waals surface area contributed by atoms with Crippen molar-refractivity contribution < 1.29 is 0 Å². The molecule has 1 rings (SSSR count). The van der Waals surface area contributed by atoms with Crippen molar-refractivity contribution in [2.45, 2.75) is 25.8 Å². The molecule has 0 saturated heterocycles. The van der Waals surface area contributed by atoms with Crippen LogP contribution in [0, 0.1) is 0 Å². The molecule has 1 aliphatic rings. The van der Waals surface area contributed by atoms with Crippen LogP contribution in [0.1, 0.15) is 19.8 Å². The zero-order chi connectivity index (χ0) is 6.53. The average molecular weight is 128 g/mol. The minimum atomic E-state index is 0.864. The summed E-state index contributed by atoms with van der Waals surface area (Å²) in [6.07, 6.45) is 2.79. The van der Waals surface area contributed by atoms with Gasteiger partial charge < -0.3 is 10.6 Å². The van der Waals surface area contributed by atoms with Crippen molar-refractivity contribution in [3.8, 4) is 0 Å². The molecule has 0 atom stereocenters. The zero-order valence-electron chi connectivity index (χ0n) is 6.11. The molecule has 0 heterocycles. The Bertz CT molecular complexity index is 69.3. The van der Waals surface area contributed by atoms with Gasteiger partial charge in [0, 0.05) is 19.1 Å². The van der Waals surface area contributed by atoms with Crippen molar-refractivity contribution in [1.29, 1.82) is 0 Å². The van der Waals surface area contributed by atoms with E-state index in [1.165, 1.54) is 12.8 Å². The molecule has 1 aliphatic carbocycles. The topological polar surface area (TPSA) is 24.1 Å². The van der Waals surface area contributed by atoms with Gasteiger partial charge in [0.15, 0.2) is 0 Å². The van der Waals surface area contributed by atoms with Crippen LogP contribution in [0.15, 0.2) is 0 Å². The Morgan fingerprint density at radius 3 is 2.67 bits per heavy atom. The number of likely N-dealkylation sites (N-methyl/N-ethyl adjacent to an activating group) is 1. The second-order valence-corrected chi connectivity index (χ2v) is 2.58. The second kappa shape index (κ2) is 3.85. The van der Waals surface area contributed by atoms with Gasteiger partial charge in [0.1, 0.15) is 0 Å². The number of hydrogen-bond acceptors (Lipinski definition) is 2. The fourth-order valence-electron chi connectivity index (χ4n) is 0.829. The van der Waals surface area contributed by atoms with Gasteiger partial charge in [-0.25, -0.2) is 0 Å². The van der Waals surface area contributed by atoms with Crippen molar-refractivity contribution in [3.63, 3.8) is 0 Å². The molecule has 54 valence electrons. The van der Waals surface area contributed by atoms with Crippen LogP contribution >= 0.6 is 0 Å². The van der Waals surface area contributed by atoms with Crippen LogP contribution in [0.2, 0.25) is 0 Å². The lowest BCUT2D eigenvalue weighted by Crippen LogP contribution is -2.28. The summed E-state index contributed by atoms with van der Waals surface area (Å²) < 4.78 is 0. The van der Waals surface area contributed by atoms with Gasteiger partial charge in [0.25, 0.3) is 0 Å². The van der Waals surface area contributed by atoms with Crippen molar-refractivity contribution in [2.75, 3.05) is 19.6 Å². The molecular formula is C7H16N2. The molecule has 0 spiro atoms. The predicted molar refractivity (Wildman–Crippen MR) is 39.6 cm³/mol. The number of rotatable bonds is 5. The summed E-state index contributed by atoms with van der Waals surface area (Å²) in [6, 6.07) is 0.864. The van der Waals surface area contributed by atoms with Gasteiger partial charge in [-0.2, -0.15) is 0 Å². The number of nitrogens with one attached hydrogen (secondary N) is 2. The second-order valence-electron chi connectivity index (χ2n) is 2.58.